The summed E-state index contributed by atoms with van der Waals surface area (Å²) in [4.78, 5) is 11.6. The molecule has 5 nitrogen and oxygen atoms in total. The van der Waals surface area contributed by atoms with Crippen molar-refractivity contribution in [3.05, 3.63) is 41.7 Å². The summed E-state index contributed by atoms with van der Waals surface area (Å²) >= 11 is 0. The molecule has 0 saturated heterocycles. The molecule has 2 aromatic rings. The number of esters is 1. The Morgan fingerprint density at radius 2 is 2.28 bits per heavy atom. The van der Waals surface area contributed by atoms with Crippen molar-refractivity contribution >= 4 is 11.7 Å². The number of nitrogens with two attached hydrogens (primary N) is 1. The molecule has 0 bridgehead atoms. The molecule has 0 radical (unpaired) electrons. The smallest absolute Gasteiger partial charge is 0.341 e. The van der Waals surface area contributed by atoms with Gasteiger partial charge in [-0.1, -0.05) is 12.1 Å². The molecule has 0 unspecified atom stereocenters. The van der Waals surface area contributed by atoms with E-state index < -0.39 is 0 Å². The van der Waals surface area contributed by atoms with Gasteiger partial charge >= 0.3 is 5.97 Å². The van der Waals surface area contributed by atoms with E-state index in [1.165, 1.54) is 6.20 Å². The van der Waals surface area contributed by atoms with Crippen molar-refractivity contribution in [1.82, 2.24) is 9.78 Å². The molecule has 0 saturated carbocycles. The van der Waals surface area contributed by atoms with Crippen LogP contribution in [0.1, 0.15) is 22.8 Å². The lowest BCUT2D eigenvalue weighted by molar-refractivity contribution is 0.0526. The number of para-hydroxylation sites is 1. The van der Waals surface area contributed by atoms with Gasteiger partial charge in [-0.3, -0.25) is 0 Å². The largest absolute Gasteiger partial charge is 0.462 e. The molecule has 0 spiro atoms. The summed E-state index contributed by atoms with van der Waals surface area (Å²) in [5, 5.41) is 4.15. The van der Waals surface area contributed by atoms with Gasteiger partial charge in [0.25, 0.3) is 0 Å². The van der Waals surface area contributed by atoms with Gasteiger partial charge in [0.05, 0.1) is 29.7 Å². The van der Waals surface area contributed by atoms with Gasteiger partial charge in [0, 0.05) is 6.20 Å². The molecule has 1 aromatic heterocycles. The Hall–Kier alpha value is -2.30. The lowest BCUT2D eigenvalue weighted by Gasteiger charge is -2.08. The summed E-state index contributed by atoms with van der Waals surface area (Å²) in [6, 6.07) is 5.62. The molecule has 18 heavy (non-hydrogen) atoms. The third-order valence-corrected chi connectivity index (χ3v) is 2.59. The molecule has 0 aliphatic heterocycles. The van der Waals surface area contributed by atoms with Crippen molar-refractivity contribution in [2.45, 2.75) is 13.8 Å². The highest BCUT2D eigenvalue weighted by atomic mass is 16.5. The molecule has 1 heterocycles. The van der Waals surface area contributed by atoms with Crippen LogP contribution >= 0.6 is 0 Å². The number of nitrogen functional groups attached to an aromatic ring is 1. The zero-order valence-corrected chi connectivity index (χ0v) is 10.4. The minimum absolute atomic E-state index is 0.344. The molecular weight excluding hydrogens is 230 g/mol. The van der Waals surface area contributed by atoms with Crippen molar-refractivity contribution in [1.29, 1.82) is 0 Å². The van der Waals surface area contributed by atoms with Crippen molar-refractivity contribution in [2.75, 3.05) is 12.3 Å². The van der Waals surface area contributed by atoms with Gasteiger partial charge in [0.15, 0.2) is 0 Å². The molecule has 0 aliphatic carbocycles. The van der Waals surface area contributed by atoms with E-state index in [0.717, 1.165) is 11.3 Å². The third kappa shape index (κ3) is 2.20. The number of nitrogens with zero attached hydrogens (tertiary/aromatic N) is 2. The highest BCUT2D eigenvalue weighted by Gasteiger charge is 2.12. The zero-order valence-electron chi connectivity index (χ0n) is 10.4. The standard InChI is InChI=1S/C13H15N3O2/c1-3-18-13(17)10-7-15-16(8-10)12-9(2)5-4-6-11(12)14/h4-8H,3,14H2,1-2H3. The summed E-state index contributed by atoms with van der Waals surface area (Å²) in [6.07, 6.45) is 3.10. The van der Waals surface area contributed by atoms with Crippen LogP contribution in [0.25, 0.3) is 5.69 Å². The number of carbonyl (C=O) groups is 1. The topological polar surface area (TPSA) is 70.1 Å². The first kappa shape index (κ1) is 12.2. The average molecular weight is 245 g/mol. The molecule has 0 fully saturated rings. The Bertz CT molecular complexity index is 555. The first-order chi connectivity index (χ1) is 8.63. The molecule has 0 atom stereocenters. The minimum atomic E-state index is -0.379. The van der Waals surface area contributed by atoms with Gasteiger partial charge in [-0.05, 0) is 25.5 Å². The Balaban J connectivity index is 2.38. The van der Waals surface area contributed by atoms with E-state index in [2.05, 4.69) is 5.10 Å². The van der Waals surface area contributed by atoms with E-state index >= 15 is 0 Å². The maximum Gasteiger partial charge on any atom is 0.341 e. The fraction of sp³-hybridized carbons (Fsp3) is 0.231. The zero-order chi connectivity index (χ0) is 13.1. The summed E-state index contributed by atoms with van der Waals surface area (Å²) in [5.74, 6) is -0.379. The number of benzene rings is 1. The molecule has 1 aromatic carbocycles. The lowest BCUT2D eigenvalue weighted by atomic mass is 10.2. The Morgan fingerprint density at radius 3 is 2.94 bits per heavy atom. The highest BCUT2D eigenvalue weighted by molar-refractivity contribution is 5.89. The molecule has 2 rings (SSSR count). The van der Waals surface area contributed by atoms with Crippen LogP contribution in [-0.2, 0) is 4.74 Å². The number of rotatable bonds is 3. The second kappa shape index (κ2) is 4.91. The second-order valence-corrected chi connectivity index (χ2v) is 3.91. The van der Waals surface area contributed by atoms with Crippen molar-refractivity contribution in [2.24, 2.45) is 0 Å². The summed E-state index contributed by atoms with van der Waals surface area (Å²) in [7, 11) is 0. The van der Waals surface area contributed by atoms with Gasteiger partial charge in [0.2, 0.25) is 0 Å². The molecular formula is C13H15N3O2. The Labute approximate surface area is 105 Å². The van der Waals surface area contributed by atoms with Crippen molar-refractivity contribution in [3.8, 4) is 5.69 Å². The van der Waals surface area contributed by atoms with E-state index in [4.69, 9.17) is 10.5 Å². The van der Waals surface area contributed by atoms with E-state index in [1.54, 1.807) is 23.9 Å². The molecule has 0 amide bonds. The minimum Gasteiger partial charge on any atom is -0.462 e. The summed E-state index contributed by atoms with van der Waals surface area (Å²) in [5.41, 5.74) is 8.73. The molecule has 94 valence electrons. The van der Waals surface area contributed by atoms with E-state index in [1.807, 2.05) is 19.1 Å². The number of hydrogen-bond acceptors (Lipinski definition) is 4. The monoisotopic (exact) mass is 245 g/mol. The van der Waals surface area contributed by atoms with Gasteiger partial charge in [0.1, 0.15) is 0 Å². The van der Waals surface area contributed by atoms with Crippen LogP contribution in [-0.4, -0.2) is 22.4 Å². The Kier molecular flexibility index (Phi) is 3.32. The van der Waals surface area contributed by atoms with Gasteiger partial charge in [-0.25, -0.2) is 9.48 Å². The second-order valence-electron chi connectivity index (χ2n) is 3.91. The van der Waals surface area contributed by atoms with Crippen LogP contribution in [0.4, 0.5) is 5.69 Å². The van der Waals surface area contributed by atoms with Crippen LogP contribution in [0.5, 0.6) is 0 Å². The number of aryl methyl sites for hydroxylation is 1. The van der Waals surface area contributed by atoms with Gasteiger partial charge in [-0.2, -0.15) is 5.10 Å². The normalized spacial score (nSPS) is 10.3. The summed E-state index contributed by atoms with van der Waals surface area (Å²) < 4.78 is 6.51. The Morgan fingerprint density at radius 1 is 1.50 bits per heavy atom. The van der Waals surface area contributed by atoms with E-state index in [-0.39, 0.29) is 5.97 Å². The van der Waals surface area contributed by atoms with Gasteiger partial charge in [-0.15, -0.1) is 0 Å². The van der Waals surface area contributed by atoms with Crippen LogP contribution < -0.4 is 5.73 Å². The fourth-order valence-electron chi connectivity index (χ4n) is 1.76. The number of aromatic nitrogens is 2. The first-order valence-corrected chi connectivity index (χ1v) is 5.70. The van der Waals surface area contributed by atoms with Crippen LogP contribution in [0.15, 0.2) is 30.6 Å². The predicted molar refractivity (Wildman–Crippen MR) is 68.7 cm³/mol. The first-order valence-electron chi connectivity index (χ1n) is 5.70. The van der Waals surface area contributed by atoms with Crippen molar-refractivity contribution in [3.63, 3.8) is 0 Å². The fourth-order valence-corrected chi connectivity index (χ4v) is 1.76. The quantitative estimate of drug-likeness (QED) is 0.662. The molecule has 0 aliphatic rings. The third-order valence-electron chi connectivity index (χ3n) is 2.59. The lowest BCUT2D eigenvalue weighted by Crippen LogP contribution is -2.04. The van der Waals surface area contributed by atoms with Crippen LogP contribution in [0.2, 0.25) is 0 Å². The van der Waals surface area contributed by atoms with Crippen LogP contribution in [0, 0.1) is 6.92 Å². The van der Waals surface area contributed by atoms with Gasteiger partial charge < -0.3 is 10.5 Å². The molecule has 2 N–H and O–H groups in total. The average Bonchev–Trinajstić information content (AvgIpc) is 2.78. The predicted octanol–water partition coefficient (Wildman–Crippen LogP) is 1.94. The van der Waals surface area contributed by atoms with E-state index in [0.29, 0.717) is 17.9 Å². The van der Waals surface area contributed by atoms with E-state index in [9.17, 15) is 4.79 Å². The SMILES string of the molecule is CCOC(=O)c1cnn(-c2c(C)cccc2N)c1. The number of ether oxygens (including phenoxy) is 1. The maximum absolute atomic E-state index is 11.6. The number of carbonyl (C=O) groups excluding carboxylic acids is 1. The number of hydrogen-bond donors (Lipinski definition) is 1. The highest BCUT2D eigenvalue weighted by Crippen LogP contribution is 2.21. The maximum atomic E-state index is 11.6. The molecule has 5 heteroatoms. The number of anilines is 1. The van der Waals surface area contributed by atoms with Crippen LogP contribution in [0.3, 0.4) is 0 Å². The van der Waals surface area contributed by atoms with Crippen molar-refractivity contribution < 1.29 is 9.53 Å². The summed E-state index contributed by atoms with van der Waals surface area (Å²) in [6.45, 7) is 4.05.